The number of nitrogens with one attached hydrogen (secondary N) is 1. The molecular weight excluding hydrogens is 592 g/mol. The molecule has 2 saturated heterocycles. The molecule has 4 aromatic rings. The summed E-state index contributed by atoms with van der Waals surface area (Å²) < 4.78 is 39.0. The molecule has 12 heteroatoms. The second-order valence-electron chi connectivity index (χ2n) is 12.0. The van der Waals surface area contributed by atoms with Gasteiger partial charge in [0.05, 0.1) is 36.2 Å². The summed E-state index contributed by atoms with van der Waals surface area (Å²) in [5, 5.41) is 5.88. The van der Waals surface area contributed by atoms with Crippen molar-refractivity contribution in [3.05, 3.63) is 66.0 Å². The number of aromatic nitrogens is 3. The standard InChI is InChI=1S/C33H40N6O5S/c1-22(2)31-30-28(23-8-10-24(11-9-23)37(3)25-12-16-43-17-13-25)21-29(33(40)36-45(4,41)42)34-32(30)39(35-31)27-7-5-6-26(20-27)38-14-18-44-19-15-38/h5-11,20-22,25H,12-19H2,1-4H3,(H,36,40). The van der Waals surface area contributed by atoms with E-state index in [2.05, 4.69) is 59.7 Å². The van der Waals surface area contributed by atoms with E-state index in [4.69, 9.17) is 19.6 Å². The van der Waals surface area contributed by atoms with Crippen molar-refractivity contribution in [1.82, 2.24) is 19.5 Å². The lowest BCUT2D eigenvalue weighted by molar-refractivity contribution is 0.0855. The van der Waals surface area contributed by atoms with E-state index in [0.29, 0.717) is 24.9 Å². The highest BCUT2D eigenvalue weighted by molar-refractivity contribution is 7.89. The predicted molar refractivity (Wildman–Crippen MR) is 176 cm³/mol. The van der Waals surface area contributed by atoms with E-state index in [1.54, 1.807) is 10.7 Å². The molecule has 0 bridgehead atoms. The van der Waals surface area contributed by atoms with Gasteiger partial charge in [0.1, 0.15) is 5.69 Å². The largest absolute Gasteiger partial charge is 0.381 e. The highest BCUT2D eigenvalue weighted by atomic mass is 32.2. The molecule has 2 aliphatic rings. The van der Waals surface area contributed by atoms with Crippen LogP contribution in [-0.2, 0) is 19.5 Å². The zero-order valence-corrected chi connectivity index (χ0v) is 27.0. The topological polar surface area (TPSA) is 119 Å². The number of ether oxygens (including phenoxy) is 2. The summed E-state index contributed by atoms with van der Waals surface area (Å²) in [7, 11) is -1.70. The molecule has 1 amide bonds. The Morgan fingerprint density at radius 1 is 0.978 bits per heavy atom. The van der Waals surface area contributed by atoms with Crippen molar-refractivity contribution in [2.45, 2.75) is 38.6 Å². The summed E-state index contributed by atoms with van der Waals surface area (Å²) in [5.41, 5.74) is 5.88. The van der Waals surface area contributed by atoms with Gasteiger partial charge in [-0.1, -0.05) is 32.0 Å². The van der Waals surface area contributed by atoms with E-state index in [0.717, 1.165) is 84.7 Å². The Morgan fingerprint density at radius 3 is 2.31 bits per heavy atom. The third kappa shape index (κ3) is 6.68. The number of anilines is 2. The van der Waals surface area contributed by atoms with Crippen LogP contribution in [0.2, 0.25) is 0 Å². The van der Waals surface area contributed by atoms with Gasteiger partial charge in [-0.3, -0.25) is 4.79 Å². The minimum absolute atomic E-state index is 0.00730. The monoisotopic (exact) mass is 632 g/mol. The van der Waals surface area contributed by atoms with Gasteiger partial charge in [-0.05, 0) is 66.3 Å². The zero-order chi connectivity index (χ0) is 31.7. The Hall–Kier alpha value is -4.00. The minimum Gasteiger partial charge on any atom is -0.381 e. The van der Waals surface area contributed by atoms with Crippen molar-refractivity contribution in [1.29, 1.82) is 0 Å². The van der Waals surface area contributed by atoms with Gasteiger partial charge in [-0.2, -0.15) is 5.10 Å². The molecule has 0 aliphatic carbocycles. The molecule has 1 N–H and O–H groups in total. The van der Waals surface area contributed by atoms with Crippen LogP contribution in [0.4, 0.5) is 11.4 Å². The van der Waals surface area contributed by atoms with Crippen LogP contribution in [-0.4, -0.2) is 88.0 Å². The van der Waals surface area contributed by atoms with Gasteiger partial charge in [-0.15, -0.1) is 0 Å². The minimum atomic E-state index is -3.81. The second-order valence-corrected chi connectivity index (χ2v) is 13.8. The lowest BCUT2D eigenvalue weighted by Gasteiger charge is -2.33. The summed E-state index contributed by atoms with van der Waals surface area (Å²) in [6, 6.07) is 18.4. The predicted octanol–water partition coefficient (Wildman–Crippen LogP) is 4.35. The van der Waals surface area contributed by atoms with Crippen molar-refractivity contribution < 1.29 is 22.7 Å². The van der Waals surface area contributed by atoms with Crippen molar-refractivity contribution >= 4 is 38.3 Å². The Balaban J connectivity index is 1.50. The van der Waals surface area contributed by atoms with Crippen LogP contribution in [0.15, 0.2) is 54.6 Å². The van der Waals surface area contributed by atoms with Crippen LogP contribution in [0.5, 0.6) is 0 Å². The van der Waals surface area contributed by atoms with Gasteiger partial charge in [0.25, 0.3) is 5.91 Å². The molecule has 45 heavy (non-hydrogen) atoms. The fraction of sp³-hybridized carbons (Fsp3) is 0.424. The molecule has 2 aliphatic heterocycles. The first kappa shape index (κ1) is 31.0. The molecule has 4 heterocycles. The Bertz CT molecular complexity index is 1790. The maximum absolute atomic E-state index is 13.2. The third-order valence-electron chi connectivity index (χ3n) is 8.50. The molecular formula is C33H40N6O5S. The van der Waals surface area contributed by atoms with Gasteiger partial charge in [-0.25, -0.2) is 22.8 Å². The molecule has 11 nitrogen and oxygen atoms in total. The number of amides is 1. The summed E-state index contributed by atoms with van der Waals surface area (Å²) in [6.07, 6.45) is 2.91. The number of rotatable bonds is 8. The van der Waals surface area contributed by atoms with Gasteiger partial charge >= 0.3 is 0 Å². The molecule has 2 fully saturated rings. The molecule has 0 atom stereocenters. The smallest absolute Gasteiger partial charge is 0.283 e. The van der Waals surface area contributed by atoms with Crippen molar-refractivity contribution in [3.8, 4) is 16.8 Å². The number of fused-ring (bicyclic) bond motifs is 1. The van der Waals surface area contributed by atoms with Crippen LogP contribution in [0, 0.1) is 0 Å². The van der Waals surface area contributed by atoms with Crippen molar-refractivity contribution in [2.24, 2.45) is 0 Å². The fourth-order valence-corrected chi connectivity index (χ4v) is 6.54. The number of hydrogen-bond donors (Lipinski definition) is 1. The average Bonchev–Trinajstić information content (AvgIpc) is 3.44. The van der Waals surface area contributed by atoms with Crippen LogP contribution in [0.25, 0.3) is 27.8 Å². The highest BCUT2D eigenvalue weighted by Crippen LogP contribution is 2.37. The summed E-state index contributed by atoms with van der Waals surface area (Å²) >= 11 is 0. The first-order valence-corrected chi connectivity index (χ1v) is 17.3. The van der Waals surface area contributed by atoms with Gasteiger partial charge in [0.2, 0.25) is 10.0 Å². The summed E-state index contributed by atoms with van der Waals surface area (Å²) in [4.78, 5) is 22.5. The normalized spacial score (nSPS) is 16.3. The highest BCUT2D eigenvalue weighted by Gasteiger charge is 2.25. The maximum atomic E-state index is 13.2. The lowest BCUT2D eigenvalue weighted by Crippen LogP contribution is -2.36. The van der Waals surface area contributed by atoms with Crippen LogP contribution >= 0.6 is 0 Å². The number of hydrogen-bond acceptors (Lipinski definition) is 9. The molecule has 0 unspecified atom stereocenters. The Labute approximate surface area is 264 Å². The first-order valence-electron chi connectivity index (χ1n) is 15.4. The number of carbonyl (C=O) groups is 1. The van der Waals surface area contributed by atoms with Crippen LogP contribution in [0.3, 0.4) is 0 Å². The number of carbonyl (C=O) groups excluding carboxylic acids is 1. The Morgan fingerprint density at radius 2 is 1.64 bits per heavy atom. The number of nitrogens with zero attached hydrogens (tertiary/aromatic N) is 5. The molecule has 2 aromatic carbocycles. The summed E-state index contributed by atoms with van der Waals surface area (Å²) in [6.45, 7) is 8.60. The molecule has 2 aromatic heterocycles. The van der Waals surface area contributed by atoms with Gasteiger partial charge in [0.15, 0.2) is 5.65 Å². The SMILES string of the molecule is CC(C)c1nn(-c2cccc(N3CCOCC3)c2)c2nc(C(=O)NS(C)(=O)=O)cc(-c3ccc(N(C)C4CCOCC4)cc3)c12. The average molecular weight is 633 g/mol. The van der Waals surface area contributed by atoms with Crippen molar-refractivity contribution in [3.63, 3.8) is 0 Å². The molecule has 0 saturated carbocycles. The van der Waals surface area contributed by atoms with E-state index in [-0.39, 0.29) is 11.6 Å². The van der Waals surface area contributed by atoms with E-state index in [1.165, 1.54) is 0 Å². The third-order valence-corrected chi connectivity index (χ3v) is 9.05. The van der Waals surface area contributed by atoms with E-state index in [1.807, 2.05) is 24.3 Å². The number of pyridine rings is 1. The lowest BCUT2D eigenvalue weighted by atomic mass is 9.97. The first-order chi connectivity index (χ1) is 21.6. The zero-order valence-electron chi connectivity index (χ0n) is 26.2. The van der Waals surface area contributed by atoms with Gasteiger partial charge in [0, 0.05) is 50.8 Å². The molecule has 0 radical (unpaired) electrons. The Kier molecular flexibility index (Phi) is 8.80. The van der Waals surface area contributed by atoms with E-state index in [9.17, 15) is 13.2 Å². The summed E-state index contributed by atoms with van der Waals surface area (Å²) in [5.74, 6) is -0.746. The maximum Gasteiger partial charge on any atom is 0.283 e. The van der Waals surface area contributed by atoms with Crippen LogP contribution in [0.1, 0.15) is 48.8 Å². The molecule has 6 rings (SSSR count). The quantitative estimate of drug-likeness (QED) is 0.302. The van der Waals surface area contributed by atoms with Crippen LogP contribution < -0.4 is 14.5 Å². The van der Waals surface area contributed by atoms with Crippen molar-refractivity contribution in [2.75, 3.05) is 62.6 Å². The number of morpholine rings is 1. The fourth-order valence-electron chi connectivity index (χ4n) is 6.09. The number of sulfonamides is 1. The van der Waals surface area contributed by atoms with E-state index < -0.39 is 15.9 Å². The number of benzene rings is 2. The second kappa shape index (κ2) is 12.8. The van der Waals surface area contributed by atoms with Gasteiger partial charge < -0.3 is 19.3 Å². The van der Waals surface area contributed by atoms with E-state index >= 15 is 0 Å². The molecule has 0 spiro atoms. The molecule has 238 valence electrons.